The van der Waals surface area contributed by atoms with Crippen LogP contribution in [0.25, 0.3) is 22.4 Å². The summed E-state index contributed by atoms with van der Waals surface area (Å²) in [5, 5.41) is 3.14. The van der Waals surface area contributed by atoms with E-state index >= 15 is 0 Å². The summed E-state index contributed by atoms with van der Waals surface area (Å²) in [4.78, 5) is 8.31. The van der Waals surface area contributed by atoms with Gasteiger partial charge in [0, 0.05) is 11.8 Å². The number of benzene rings is 2. The number of aromatic nitrogens is 2. The van der Waals surface area contributed by atoms with Crippen molar-refractivity contribution in [1.29, 1.82) is 0 Å². The minimum Gasteiger partial charge on any atom is -0.496 e. The first-order chi connectivity index (χ1) is 11.3. The zero-order valence-corrected chi connectivity index (χ0v) is 12.3. The van der Waals surface area contributed by atoms with Crippen molar-refractivity contribution in [2.24, 2.45) is 0 Å². The largest absolute Gasteiger partial charge is 0.496 e. The second-order valence-electron chi connectivity index (χ2n) is 4.89. The van der Waals surface area contributed by atoms with E-state index in [1.165, 1.54) is 6.39 Å². The van der Waals surface area contributed by atoms with Crippen LogP contribution in [0.3, 0.4) is 0 Å². The van der Waals surface area contributed by atoms with E-state index in [4.69, 9.17) is 13.6 Å². The van der Waals surface area contributed by atoms with E-state index in [1.54, 1.807) is 13.3 Å². The fourth-order valence-electron chi connectivity index (χ4n) is 2.37. The third-order valence-electron chi connectivity index (χ3n) is 3.44. The maximum atomic E-state index is 5.66. The van der Waals surface area contributed by atoms with Crippen molar-refractivity contribution < 1.29 is 13.6 Å². The van der Waals surface area contributed by atoms with Crippen LogP contribution in [0.15, 0.2) is 63.9 Å². The van der Waals surface area contributed by atoms with Gasteiger partial charge in [-0.15, -0.1) is 0 Å². The highest BCUT2D eigenvalue weighted by Crippen LogP contribution is 2.33. The van der Waals surface area contributed by atoms with Crippen LogP contribution in [-0.2, 0) is 0 Å². The van der Waals surface area contributed by atoms with Crippen LogP contribution in [0, 0.1) is 0 Å². The second-order valence-corrected chi connectivity index (χ2v) is 4.89. The van der Waals surface area contributed by atoms with E-state index < -0.39 is 0 Å². The number of methoxy groups -OCH3 is 1. The summed E-state index contributed by atoms with van der Waals surface area (Å²) in [6.45, 7) is 0. The van der Waals surface area contributed by atoms with E-state index in [0.717, 1.165) is 22.4 Å². The predicted octanol–water partition coefficient (Wildman–Crippen LogP) is 4.24. The molecule has 0 fully saturated rings. The lowest BCUT2D eigenvalue weighted by Crippen LogP contribution is -1.93. The Bertz CT molecular complexity index is 912. The molecule has 0 aliphatic carbocycles. The van der Waals surface area contributed by atoms with Gasteiger partial charge in [0.25, 0.3) is 6.01 Å². The fourth-order valence-corrected chi connectivity index (χ4v) is 2.37. The Morgan fingerprint density at radius 1 is 1.13 bits per heavy atom. The zero-order chi connectivity index (χ0) is 15.6. The normalized spacial score (nSPS) is 10.8. The van der Waals surface area contributed by atoms with Crippen LogP contribution < -0.4 is 10.1 Å². The molecular formula is C17H13N3O3. The molecule has 0 bridgehead atoms. The van der Waals surface area contributed by atoms with Gasteiger partial charge < -0.3 is 18.9 Å². The lowest BCUT2D eigenvalue weighted by atomic mass is 10.1. The van der Waals surface area contributed by atoms with E-state index in [9.17, 15) is 0 Å². The molecule has 4 aromatic rings. The molecule has 0 aliphatic rings. The fraction of sp³-hybridized carbons (Fsp3) is 0.0588. The Kier molecular flexibility index (Phi) is 3.20. The van der Waals surface area contributed by atoms with Crippen LogP contribution >= 0.6 is 0 Å². The van der Waals surface area contributed by atoms with Gasteiger partial charge in [0.15, 0.2) is 17.7 Å². The number of hydrogen-bond acceptors (Lipinski definition) is 6. The number of nitrogens with one attached hydrogen (secondary N) is 1. The molecule has 4 rings (SSSR count). The number of para-hydroxylation sites is 2. The number of ether oxygens (including phenoxy) is 1. The van der Waals surface area contributed by atoms with E-state index in [-0.39, 0.29) is 0 Å². The molecule has 6 heteroatoms. The number of oxazole rings is 2. The van der Waals surface area contributed by atoms with Crippen LogP contribution in [0.1, 0.15) is 0 Å². The van der Waals surface area contributed by atoms with E-state index in [2.05, 4.69) is 15.3 Å². The van der Waals surface area contributed by atoms with Crippen molar-refractivity contribution in [2.75, 3.05) is 12.4 Å². The summed E-state index contributed by atoms with van der Waals surface area (Å²) >= 11 is 0. The molecule has 0 aliphatic heterocycles. The number of nitrogens with zero attached hydrogens (tertiary/aromatic N) is 2. The summed E-state index contributed by atoms with van der Waals surface area (Å²) < 4.78 is 16.4. The van der Waals surface area contributed by atoms with Crippen molar-refractivity contribution in [3.8, 4) is 17.1 Å². The summed E-state index contributed by atoms with van der Waals surface area (Å²) in [5.41, 5.74) is 3.17. The van der Waals surface area contributed by atoms with Gasteiger partial charge in [-0.05, 0) is 24.3 Å². The quantitative estimate of drug-likeness (QED) is 0.608. The zero-order valence-electron chi connectivity index (χ0n) is 12.3. The Balaban J connectivity index is 1.66. The predicted molar refractivity (Wildman–Crippen MR) is 85.8 cm³/mol. The van der Waals surface area contributed by atoms with Gasteiger partial charge in [0.2, 0.25) is 0 Å². The van der Waals surface area contributed by atoms with Crippen LogP contribution in [-0.4, -0.2) is 17.1 Å². The van der Waals surface area contributed by atoms with Crippen molar-refractivity contribution in [3.63, 3.8) is 0 Å². The summed E-state index contributed by atoms with van der Waals surface area (Å²) in [5.74, 6) is 1.32. The molecule has 0 amide bonds. The van der Waals surface area contributed by atoms with E-state index in [1.807, 2.05) is 42.5 Å². The number of anilines is 2. The van der Waals surface area contributed by atoms with Crippen LogP contribution in [0.4, 0.5) is 11.7 Å². The molecule has 2 heterocycles. The molecule has 0 saturated carbocycles. The molecule has 0 atom stereocenters. The Morgan fingerprint density at radius 2 is 2.04 bits per heavy atom. The Hall–Kier alpha value is -3.28. The second kappa shape index (κ2) is 5.49. The third-order valence-corrected chi connectivity index (χ3v) is 3.44. The molecule has 6 nitrogen and oxygen atoms in total. The highest BCUT2D eigenvalue weighted by molar-refractivity contribution is 5.76. The average molecular weight is 307 g/mol. The maximum absolute atomic E-state index is 5.66. The number of fused-ring (bicyclic) bond motifs is 1. The first-order valence-electron chi connectivity index (χ1n) is 7.03. The van der Waals surface area contributed by atoms with Gasteiger partial charge in [-0.2, -0.15) is 4.98 Å². The molecule has 0 saturated heterocycles. The van der Waals surface area contributed by atoms with Gasteiger partial charge in [0.1, 0.15) is 11.3 Å². The molecule has 2 aromatic heterocycles. The lowest BCUT2D eigenvalue weighted by Gasteiger charge is -2.08. The molecule has 23 heavy (non-hydrogen) atoms. The number of rotatable bonds is 4. The molecule has 1 N–H and O–H groups in total. The highest BCUT2D eigenvalue weighted by atomic mass is 16.5. The molecule has 0 radical (unpaired) electrons. The van der Waals surface area contributed by atoms with Gasteiger partial charge in [0.05, 0.1) is 18.9 Å². The summed E-state index contributed by atoms with van der Waals surface area (Å²) in [6.07, 6.45) is 3.03. The van der Waals surface area contributed by atoms with Crippen molar-refractivity contribution in [1.82, 2.24) is 9.97 Å². The third kappa shape index (κ3) is 2.50. The topological polar surface area (TPSA) is 73.3 Å². The lowest BCUT2D eigenvalue weighted by molar-refractivity contribution is 0.415. The Labute approximate surface area is 131 Å². The number of hydrogen-bond donors (Lipinski definition) is 1. The standard InChI is InChI=1S/C17H13N3O3/c1-21-15-8-11(6-7-12(15)16-9-18-10-22-16)19-17-20-13-4-2-3-5-14(13)23-17/h2-10H,1H3,(H,19,20). The van der Waals surface area contributed by atoms with Crippen LogP contribution in [0.2, 0.25) is 0 Å². The monoisotopic (exact) mass is 307 g/mol. The molecule has 2 aromatic carbocycles. The van der Waals surface area contributed by atoms with Gasteiger partial charge in [-0.3, -0.25) is 0 Å². The highest BCUT2D eigenvalue weighted by Gasteiger charge is 2.11. The molecule has 114 valence electrons. The van der Waals surface area contributed by atoms with Gasteiger partial charge in [-0.25, -0.2) is 4.98 Å². The van der Waals surface area contributed by atoms with Crippen molar-refractivity contribution >= 4 is 22.8 Å². The minimum atomic E-state index is 0.431. The molecule has 0 spiro atoms. The van der Waals surface area contributed by atoms with Gasteiger partial charge >= 0.3 is 0 Å². The first-order valence-corrected chi connectivity index (χ1v) is 7.03. The molecular weight excluding hydrogens is 294 g/mol. The molecule has 0 unspecified atom stereocenters. The van der Waals surface area contributed by atoms with E-state index in [0.29, 0.717) is 17.5 Å². The average Bonchev–Trinajstić information content (AvgIpc) is 3.23. The maximum Gasteiger partial charge on any atom is 0.300 e. The summed E-state index contributed by atoms with van der Waals surface area (Å²) in [7, 11) is 1.61. The SMILES string of the molecule is COc1cc(Nc2nc3ccccc3o2)ccc1-c1cnco1. The Morgan fingerprint density at radius 3 is 2.83 bits per heavy atom. The van der Waals surface area contributed by atoms with Crippen molar-refractivity contribution in [3.05, 3.63) is 55.1 Å². The first kappa shape index (κ1) is 13.4. The smallest absolute Gasteiger partial charge is 0.300 e. The minimum absolute atomic E-state index is 0.431. The van der Waals surface area contributed by atoms with Crippen molar-refractivity contribution in [2.45, 2.75) is 0 Å². The summed E-state index contributed by atoms with van der Waals surface area (Å²) in [6, 6.07) is 13.7. The van der Waals surface area contributed by atoms with Gasteiger partial charge in [-0.1, -0.05) is 12.1 Å². The van der Waals surface area contributed by atoms with Crippen LogP contribution in [0.5, 0.6) is 5.75 Å².